The summed E-state index contributed by atoms with van der Waals surface area (Å²) in [5.74, 6) is 0.227. The van der Waals surface area contributed by atoms with Gasteiger partial charge in [-0.2, -0.15) is 0 Å². The molecule has 2 aliphatic rings. The maximum Gasteiger partial charge on any atom is 0.225 e. The van der Waals surface area contributed by atoms with Gasteiger partial charge in [0.05, 0.1) is 6.04 Å². The molecule has 2 fully saturated rings. The molecule has 0 bridgehead atoms. The Labute approximate surface area is 102 Å². The van der Waals surface area contributed by atoms with Crippen LogP contribution in [0.3, 0.4) is 0 Å². The van der Waals surface area contributed by atoms with E-state index >= 15 is 0 Å². The summed E-state index contributed by atoms with van der Waals surface area (Å²) in [4.78, 5) is 14.0. The Bertz CT molecular complexity index is 436. The molecule has 1 amide bonds. The maximum absolute atomic E-state index is 12.0. The van der Waals surface area contributed by atoms with E-state index in [4.69, 9.17) is 5.73 Å². The quantitative estimate of drug-likeness (QED) is 0.841. The number of amides is 1. The van der Waals surface area contributed by atoms with Crippen LogP contribution in [0.25, 0.3) is 0 Å². The highest BCUT2D eigenvalue weighted by molar-refractivity contribution is 5.81. The van der Waals surface area contributed by atoms with Gasteiger partial charge >= 0.3 is 0 Å². The van der Waals surface area contributed by atoms with Crippen LogP contribution in [0.1, 0.15) is 36.4 Å². The number of hydrogen-bond acceptors (Lipinski definition) is 2. The van der Waals surface area contributed by atoms with Crippen LogP contribution in [0.4, 0.5) is 0 Å². The van der Waals surface area contributed by atoms with E-state index < -0.39 is 0 Å². The molecule has 1 saturated heterocycles. The van der Waals surface area contributed by atoms with E-state index in [0.29, 0.717) is 12.5 Å². The lowest BCUT2D eigenvalue weighted by Gasteiger charge is -2.27. The fourth-order valence-electron chi connectivity index (χ4n) is 2.73. The Hall–Kier alpha value is -1.35. The van der Waals surface area contributed by atoms with Gasteiger partial charge in [0.2, 0.25) is 5.91 Å². The second kappa shape index (κ2) is 3.84. The van der Waals surface area contributed by atoms with E-state index in [2.05, 4.69) is 31.2 Å². The molecule has 90 valence electrons. The second-order valence-corrected chi connectivity index (χ2v) is 5.26. The van der Waals surface area contributed by atoms with E-state index in [1.165, 1.54) is 11.1 Å². The van der Waals surface area contributed by atoms with Crippen molar-refractivity contribution in [2.24, 2.45) is 5.73 Å². The topological polar surface area (TPSA) is 46.3 Å². The molecule has 1 aliphatic heterocycles. The van der Waals surface area contributed by atoms with Gasteiger partial charge < -0.3 is 10.6 Å². The number of carbonyl (C=O) groups is 1. The summed E-state index contributed by atoms with van der Waals surface area (Å²) in [6, 6.07) is 8.89. The zero-order chi connectivity index (χ0) is 12.0. The van der Waals surface area contributed by atoms with Crippen LogP contribution in [0.5, 0.6) is 0 Å². The highest BCUT2D eigenvalue weighted by Gasteiger charge is 2.45. The normalized spacial score (nSPS) is 28.8. The lowest BCUT2D eigenvalue weighted by Crippen LogP contribution is -2.34. The van der Waals surface area contributed by atoms with Crippen LogP contribution in [-0.4, -0.2) is 22.9 Å². The molecule has 2 unspecified atom stereocenters. The van der Waals surface area contributed by atoms with E-state index in [0.717, 1.165) is 12.8 Å². The van der Waals surface area contributed by atoms with Gasteiger partial charge in [-0.1, -0.05) is 29.8 Å². The highest BCUT2D eigenvalue weighted by Crippen LogP contribution is 2.40. The maximum atomic E-state index is 12.0. The predicted molar refractivity (Wildman–Crippen MR) is 66.4 cm³/mol. The summed E-state index contributed by atoms with van der Waals surface area (Å²) in [5.41, 5.74) is 8.55. The lowest BCUT2D eigenvalue weighted by molar-refractivity contribution is -0.129. The molecule has 3 heteroatoms. The van der Waals surface area contributed by atoms with Gasteiger partial charge in [0.25, 0.3) is 0 Å². The molecule has 0 radical (unpaired) electrons. The number of nitrogens with two attached hydrogens (primary N) is 1. The van der Waals surface area contributed by atoms with Crippen molar-refractivity contribution in [3.05, 3.63) is 35.4 Å². The molecule has 0 aromatic heterocycles. The third kappa shape index (κ3) is 1.84. The first-order chi connectivity index (χ1) is 8.16. The average Bonchev–Trinajstić information content (AvgIpc) is 3.07. The van der Waals surface area contributed by atoms with Gasteiger partial charge in [-0.15, -0.1) is 0 Å². The van der Waals surface area contributed by atoms with Crippen LogP contribution in [0.15, 0.2) is 24.3 Å². The fraction of sp³-hybridized carbons (Fsp3) is 0.500. The number of likely N-dealkylation sites (tertiary alicyclic amines) is 1. The first-order valence-electron chi connectivity index (χ1n) is 6.30. The Kier molecular flexibility index (Phi) is 2.44. The van der Waals surface area contributed by atoms with Gasteiger partial charge in [-0.3, -0.25) is 4.79 Å². The molecular weight excluding hydrogens is 212 g/mol. The van der Waals surface area contributed by atoms with Gasteiger partial charge in [0, 0.05) is 18.5 Å². The zero-order valence-corrected chi connectivity index (χ0v) is 10.1. The van der Waals surface area contributed by atoms with Crippen molar-refractivity contribution in [1.82, 2.24) is 4.90 Å². The van der Waals surface area contributed by atoms with E-state index in [1.807, 2.05) is 4.90 Å². The Balaban J connectivity index is 1.93. The molecule has 3 nitrogen and oxygen atoms in total. The monoisotopic (exact) mass is 230 g/mol. The number of nitrogens with zero attached hydrogens (tertiary/aromatic N) is 1. The Morgan fingerprint density at radius 2 is 1.88 bits per heavy atom. The van der Waals surface area contributed by atoms with Crippen molar-refractivity contribution in [2.45, 2.75) is 44.3 Å². The number of benzene rings is 1. The summed E-state index contributed by atoms with van der Waals surface area (Å²) >= 11 is 0. The number of hydrogen-bond donors (Lipinski definition) is 1. The SMILES string of the molecule is Cc1ccc(C2C(N)CC(=O)N2C2CC2)cc1. The van der Waals surface area contributed by atoms with Crippen molar-refractivity contribution in [3.63, 3.8) is 0 Å². The summed E-state index contributed by atoms with van der Waals surface area (Å²) in [7, 11) is 0. The molecule has 1 aromatic rings. The molecule has 2 atom stereocenters. The summed E-state index contributed by atoms with van der Waals surface area (Å²) in [5, 5.41) is 0. The minimum atomic E-state index is -0.0502. The largest absolute Gasteiger partial charge is 0.331 e. The second-order valence-electron chi connectivity index (χ2n) is 5.26. The fourth-order valence-corrected chi connectivity index (χ4v) is 2.73. The van der Waals surface area contributed by atoms with E-state index in [-0.39, 0.29) is 18.0 Å². The third-order valence-electron chi connectivity index (χ3n) is 3.76. The molecule has 1 saturated carbocycles. The average molecular weight is 230 g/mol. The van der Waals surface area contributed by atoms with Crippen LogP contribution in [-0.2, 0) is 4.79 Å². The van der Waals surface area contributed by atoms with Crippen LogP contribution < -0.4 is 5.73 Å². The number of rotatable bonds is 2. The standard InChI is InChI=1S/C14H18N2O/c1-9-2-4-10(5-3-9)14-12(15)8-13(17)16(14)11-6-7-11/h2-5,11-12,14H,6-8,15H2,1H3. The van der Waals surface area contributed by atoms with Crippen molar-refractivity contribution < 1.29 is 4.79 Å². The molecule has 1 heterocycles. The smallest absolute Gasteiger partial charge is 0.225 e. The van der Waals surface area contributed by atoms with Crippen LogP contribution >= 0.6 is 0 Å². The number of carbonyl (C=O) groups excluding carboxylic acids is 1. The molecule has 1 aliphatic carbocycles. The van der Waals surface area contributed by atoms with Crippen LogP contribution in [0, 0.1) is 6.92 Å². The van der Waals surface area contributed by atoms with Crippen molar-refractivity contribution in [2.75, 3.05) is 0 Å². The Morgan fingerprint density at radius 1 is 1.24 bits per heavy atom. The molecular formula is C14H18N2O. The molecule has 2 N–H and O–H groups in total. The third-order valence-corrected chi connectivity index (χ3v) is 3.76. The van der Waals surface area contributed by atoms with Gasteiger partial charge in [-0.25, -0.2) is 0 Å². The van der Waals surface area contributed by atoms with Crippen molar-refractivity contribution in [3.8, 4) is 0 Å². The predicted octanol–water partition coefficient (Wildman–Crippen LogP) is 1.76. The van der Waals surface area contributed by atoms with Crippen molar-refractivity contribution >= 4 is 5.91 Å². The first kappa shape index (κ1) is 10.8. The minimum absolute atomic E-state index is 0.0502. The van der Waals surface area contributed by atoms with Gasteiger partial charge in [0.15, 0.2) is 0 Å². The molecule has 3 rings (SSSR count). The van der Waals surface area contributed by atoms with Gasteiger partial charge in [-0.05, 0) is 25.3 Å². The minimum Gasteiger partial charge on any atom is -0.331 e. The zero-order valence-electron chi connectivity index (χ0n) is 10.1. The summed E-state index contributed by atoms with van der Waals surface area (Å²) in [6.07, 6.45) is 2.77. The summed E-state index contributed by atoms with van der Waals surface area (Å²) in [6.45, 7) is 2.07. The van der Waals surface area contributed by atoms with Crippen LogP contribution in [0.2, 0.25) is 0 Å². The van der Waals surface area contributed by atoms with E-state index in [9.17, 15) is 4.79 Å². The molecule has 1 aromatic carbocycles. The molecule has 17 heavy (non-hydrogen) atoms. The molecule has 0 spiro atoms. The van der Waals surface area contributed by atoms with Crippen molar-refractivity contribution in [1.29, 1.82) is 0 Å². The first-order valence-corrected chi connectivity index (χ1v) is 6.30. The van der Waals surface area contributed by atoms with Gasteiger partial charge in [0.1, 0.15) is 0 Å². The highest BCUT2D eigenvalue weighted by atomic mass is 16.2. The Morgan fingerprint density at radius 3 is 2.47 bits per heavy atom. The lowest BCUT2D eigenvalue weighted by atomic mass is 9.99. The number of aryl methyl sites for hydroxylation is 1. The summed E-state index contributed by atoms with van der Waals surface area (Å²) < 4.78 is 0. The van der Waals surface area contributed by atoms with E-state index in [1.54, 1.807) is 0 Å².